The quantitative estimate of drug-likeness (QED) is 0.827. The van der Waals surface area contributed by atoms with E-state index in [1.165, 1.54) is 6.07 Å². The summed E-state index contributed by atoms with van der Waals surface area (Å²) >= 11 is 0. The van der Waals surface area contributed by atoms with Crippen LogP contribution >= 0.6 is 10.7 Å². The van der Waals surface area contributed by atoms with Gasteiger partial charge in [0.05, 0.1) is 11.9 Å². The fraction of sp³-hybridized carbons (Fsp3) is 0.143. The van der Waals surface area contributed by atoms with E-state index >= 15 is 0 Å². The molecule has 1 heterocycles. The van der Waals surface area contributed by atoms with Gasteiger partial charge in [-0.1, -0.05) is 0 Å². The molecule has 0 bridgehead atoms. The molecule has 1 rings (SSSR count). The van der Waals surface area contributed by atoms with Gasteiger partial charge in [-0.2, -0.15) is 5.26 Å². The average Bonchev–Trinajstić information content (AvgIpc) is 2.13. The zero-order chi connectivity index (χ0) is 14.1. The van der Waals surface area contributed by atoms with Crippen molar-refractivity contribution >= 4 is 25.4 Å². The Bertz CT molecular complexity index is 623. The van der Waals surface area contributed by atoms with Crippen LogP contribution in [0.4, 0.5) is 18.9 Å². The summed E-state index contributed by atoms with van der Waals surface area (Å²) in [6.45, 7) is 0. The average molecular weight is 302 g/mol. The van der Waals surface area contributed by atoms with Gasteiger partial charge < -0.3 is 10.5 Å². The van der Waals surface area contributed by atoms with Gasteiger partial charge >= 0.3 is 6.36 Å². The van der Waals surface area contributed by atoms with E-state index in [4.69, 9.17) is 21.7 Å². The number of nitrogens with two attached hydrogens (primary N) is 1. The zero-order valence-electron chi connectivity index (χ0n) is 8.19. The third-order valence-electron chi connectivity index (χ3n) is 1.61. The van der Waals surface area contributed by atoms with Gasteiger partial charge in [-0.25, -0.2) is 13.4 Å². The molecular formula is C7H3ClF3N3O3S. The van der Waals surface area contributed by atoms with Gasteiger partial charge in [0.25, 0.3) is 9.05 Å². The summed E-state index contributed by atoms with van der Waals surface area (Å²) in [4.78, 5) is 3.12. The van der Waals surface area contributed by atoms with Crippen molar-refractivity contribution in [3.63, 3.8) is 0 Å². The van der Waals surface area contributed by atoms with Crippen LogP contribution < -0.4 is 10.5 Å². The van der Waals surface area contributed by atoms with Crippen LogP contribution in [0.15, 0.2) is 11.2 Å². The van der Waals surface area contributed by atoms with Crippen molar-refractivity contribution in [1.29, 1.82) is 5.26 Å². The summed E-state index contributed by atoms with van der Waals surface area (Å²) in [5.41, 5.74) is 3.57. The van der Waals surface area contributed by atoms with Crippen molar-refractivity contribution in [2.75, 3.05) is 5.73 Å². The van der Waals surface area contributed by atoms with Crippen molar-refractivity contribution in [2.24, 2.45) is 0 Å². The topological polar surface area (TPSA) is 106 Å². The molecule has 0 saturated carbocycles. The van der Waals surface area contributed by atoms with Gasteiger partial charge in [0.2, 0.25) is 0 Å². The molecule has 1 aromatic heterocycles. The largest absolute Gasteiger partial charge is 0.573 e. The molecule has 0 aromatic carbocycles. The number of pyridine rings is 1. The van der Waals surface area contributed by atoms with Crippen molar-refractivity contribution in [3.8, 4) is 11.8 Å². The van der Waals surface area contributed by atoms with Crippen molar-refractivity contribution in [3.05, 3.63) is 11.8 Å². The molecule has 0 fully saturated rings. The molecule has 0 spiro atoms. The Kier molecular flexibility index (Phi) is 3.59. The molecule has 2 N–H and O–H groups in total. The van der Waals surface area contributed by atoms with Crippen LogP contribution in [0, 0.1) is 11.3 Å². The highest BCUT2D eigenvalue weighted by Crippen LogP contribution is 2.32. The lowest BCUT2D eigenvalue weighted by Gasteiger charge is -2.11. The van der Waals surface area contributed by atoms with E-state index in [1.54, 1.807) is 0 Å². The number of rotatable bonds is 2. The molecule has 18 heavy (non-hydrogen) atoms. The number of halogens is 4. The van der Waals surface area contributed by atoms with Crippen LogP contribution in [-0.4, -0.2) is 19.8 Å². The van der Waals surface area contributed by atoms with Crippen LogP contribution in [0.1, 0.15) is 5.56 Å². The number of ether oxygens (including phenoxy) is 1. The number of hydrogen-bond acceptors (Lipinski definition) is 6. The predicted octanol–water partition coefficient (Wildman–Crippen LogP) is 1.36. The normalized spacial score (nSPS) is 11.9. The van der Waals surface area contributed by atoms with Gasteiger partial charge in [0.15, 0.2) is 10.8 Å². The molecular weight excluding hydrogens is 299 g/mol. The lowest BCUT2D eigenvalue weighted by atomic mass is 10.2. The minimum atomic E-state index is -5.07. The first-order valence-electron chi connectivity index (χ1n) is 3.95. The Morgan fingerprint density at radius 2 is 2.06 bits per heavy atom. The molecule has 0 radical (unpaired) electrons. The van der Waals surface area contributed by atoms with Crippen LogP contribution in [0.5, 0.6) is 5.75 Å². The number of nitrogen functional groups attached to an aromatic ring is 1. The van der Waals surface area contributed by atoms with Gasteiger partial charge in [-0.15, -0.1) is 13.2 Å². The van der Waals surface area contributed by atoms with E-state index in [-0.39, 0.29) is 0 Å². The van der Waals surface area contributed by atoms with Crippen LogP contribution in [0.3, 0.4) is 0 Å². The molecule has 0 aliphatic rings. The molecule has 0 saturated heterocycles. The van der Waals surface area contributed by atoms with Crippen molar-refractivity contribution in [1.82, 2.24) is 4.98 Å². The third-order valence-corrected chi connectivity index (χ3v) is 2.84. The highest BCUT2D eigenvalue weighted by atomic mass is 35.7. The Balaban J connectivity index is 3.45. The number of nitrogens with zero attached hydrogens (tertiary/aromatic N) is 2. The first-order valence-corrected chi connectivity index (χ1v) is 6.26. The first kappa shape index (κ1) is 14.3. The van der Waals surface area contributed by atoms with Gasteiger partial charge in [0, 0.05) is 10.7 Å². The number of hydrogen-bond donors (Lipinski definition) is 1. The second kappa shape index (κ2) is 4.51. The van der Waals surface area contributed by atoms with Crippen LogP contribution in [-0.2, 0) is 9.05 Å². The zero-order valence-corrected chi connectivity index (χ0v) is 9.77. The monoisotopic (exact) mass is 301 g/mol. The lowest BCUT2D eigenvalue weighted by Crippen LogP contribution is -2.19. The molecule has 0 aliphatic heterocycles. The third kappa shape index (κ3) is 3.14. The summed E-state index contributed by atoms with van der Waals surface area (Å²) in [6, 6.07) is 1.29. The van der Waals surface area contributed by atoms with Gasteiger partial charge in [-0.05, 0) is 0 Å². The Labute approximate surface area is 103 Å². The number of alkyl halides is 3. The van der Waals surface area contributed by atoms with Crippen molar-refractivity contribution < 1.29 is 26.3 Å². The van der Waals surface area contributed by atoms with E-state index in [9.17, 15) is 21.6 Å². The Hall–Kier alpha value is -1.73. The van der Waals surface area contributed by atoms with Gasteiger partial charge in [-0.3, -0.25) is 0 Å². The molecule has 0 unspecified atom stereocenters. The SMILES string of the molecule is N#Cc1c(OC(F)(F)F)cnc(S(=O)(=O)Cl)c1N. The number of anilines is 1. The fourth-order valence-electron chi connectivity index (χ4n) is 1.00. The maximum Gasteiger partial charge on any atom is 0.573 e. The van der Waals surface area contributed by atoms with Crippen LogP contribution in [0.2, 0.25) is 0 Å². The lowest BCUT2D eigenvalue weighted by molar-refractivity contribution is -0.274. The molecule has 0 amide bonds. The second-order valence-corrected chi connectivity index (χ2v) is 5.29. The van der Waals surface area contributed by atoms with E-state index in [0.717, 1.165) is 0 Å². The van der Waals surface area contributed by atoms with Crippen LogP contribution in [0.25, 0.3) is 0 Å². The highest BCUT2D eigenvalue weighted by Gasteiger charge is 2.34. The minimum absolute atomic E-state index is 0.400. The maximum absolute atomic E-state index is 12.0. The Morgan fingerprint density at radius 1 is 1.50 bits per heavy atom. The summed E-state index contributed by atoms with van der Waals surface area (Å²) in [6.07, 6.45) is -4.67. The number of aromatic nitrogens is 1. The molecule has 0 aliphatic carbocycles. The predicted molar refractivity (Wildman–Crippen MR) is 53.1 cm³/mol. The molecule has 11 heteroatoms. The maximum atomic E-state index is 12.0. The molecule has 6 nitrogen and oxygen atoms in total. The molecule has 98 valence electrons. The summed E-state index contributed by atoms with van der Waals surface area (Å²) in [5.74, 6) is -1.01. The first-order chi connectivity index (χ1) is 8.06. The van der Waals surface area contributed by atoms with E-state index < -0.39 is 37.4 Å². The summed E-state index contributed by atoms with van der Waals surface area (Å²) in [5, 5.41) is 7.74. The number of nitriles is 1. The molecule has 0 atom stereocenters. The smallest absolute Gasteiger partial charge is 0.403 e. The van der Waals surface area contributed by atoms with Crippen molar-refractivity contribution in [2.45, 2.75) is 11.4 Å². The Morgan fingerprint density at radius 3 is 2.44 bits per heavy atom. The highest BCUT2D eigenvalue weighted by molar-refractivity contribution is 8.13. The van der Waals surface area contributed by atoms with E-state index in [0.29, 0.717) is 6.20 Å². The van der Waals surface area contributed by atoms with E-state index in [2.05, 4.69) is 9.72 Å². The van der Waals surface area contributed by atoms with E-state index in [1.807, 2.05) is 0 Å². The van der Waals surface area contributed by atoms with Gasteiger partial charge in [0.1, 0.15) is 11.6 Å². The summed E-state index contributed by atoms with van der Waals surface area (Å²) in [7, 11) is 0.557. The standard InChI is InChI=1S/C7H3ClF3N3O3S/c8-18(15,16)6-5(13)3(1-12)4(2-14-6)17-7(9,10)11/h2H,13H2. The fourth-order valence-corrected chi connectivity index (χ4v) is 1.91. The second-order valence-electron chi connectivity index (χ2n) is 2.81. The minimum Gasteiger partial charge on any atom is -0.403 e. The summed E-state index contributed by atoms with van der Waals surface area (Å²) < 4.78 is 61.3. The molecule has 1 aromatic rings.